The Kier molecular flexibility index (Phi) is 9.20. The lowest BCUT2D eigenvalue weighted by molar-refractivity contribution is 0.0343. The van der Waals surface area contributed by atoms with Crippen LogP contribution in [-0.4, -0.2) is 36.0 Å². The highest BCUT2D eigenvalue weighted by molar-refractivity contribution is 5.13. The van der Waals surface area contributed by atoms with Crippen LogP contribution in [0.25, 0.3) is 0 Å². The van der Waals surface area contributed by atoms with Crippen molar-refractivity contribution in [1.29, 1.82) is 0 Å². The van der Waals surface area contributed by atoms with Crippen LogP contribution < -0.4 is 5.32 Å². The van der Waals surface area contributed by atoms with Crippen molar-refractivity contribution >= 4 is 0 Å². The first-order chi connectivity index (χ1) is 9.74. The van der Waals surface area contributed by atoms with Gasteiger partial charge in [-0.15, -0.1) is 0 Å². The number of unbranched alkanes of at least 4 members (excludes halogenated alkanes) is 3. The summed E-state index contributed by atoms with van der Waals surface area (Å²) < 4.78 is 5.48. The Hall–Kier alpha value is -0.970. The number of nitrogens with one attached hydrogen (secondary N) is 1. The average molecular weight is 280 g/mol. The van der Waals surface area contributed by atoms with E-state index in [1.807, 2.05) is 12.1 Å². The van der Waals surface area contributed by atoms with E-state index < -0.39 is 6.10 Å². The third kappa shape index (κ3) is 7.58. The van der Waals surface area contributed by atoms with Gasteiger partial charge in [-0.2, -0.15) is 0 Å². The summed E-state index contributed by atoms with van der Waals surface area (Å²) in [5, 5.41) is 13.1. The Morgan fingerprint density at radius 3 is 2.70 bits per heavy atom. The number of aliphatic hydroxyl groups is 1. The van der Waals surface area contributed by atoms with Crippen molar-refractivity contribution in [1.82, 2.24) is 10.3 Å². The molecule has 0 aliphatic heterocycles. The summed E-state index contributed by atoms with van der Waals surface area (Å²) in [6.45, 7) is 5.96. The molecule has 0 amide bonds. The minimum Gasteiger partial charge on any atom is -0.389 e. The van der Waals surface area contributed by atoms with Gasteiger partial charge in [-0.05, 0) is 31.0 Å². The zero-order valence-electron chi connectivity index (χ0n) is 12.7. The molecule has 2 N–H and O–H groups in total. The molecular weight excluding hydrogens is 252 g/mol. The molecule has 1 rings (SSSR count). The minimum atomic E-state index is -0.453. The van der Waals surface area contributed by atoms with Gasteiger partial charge in [-0.1, -0.05) is 26.2 Å². The predicted molar refractivity (Wildman–Crippen MR) is 81.6 cm³/mol. The molecule has 0 saturated carbocycles. The Morgan fingerprint density at radius 2 is 2.00 bits per heavy atom. The fraction of sp³-hybridized carbons (Fsp3) is 0.688. The van der Waals surface area contributed by atoms with Gasteiger partial charge in [0.25, 0.3) is 0 Å². The normalized spacial score (nSPS) is 14.2. The number of rotatable bonds is 11. The summed E-state index contributed by atoms with van der Waals surface area (Å²) in [7, 11) is 0. The SMILES string of the molecule is CCCCCCOCC(O)CN[C@H](C)c1ccncc1. The molecule has 1 unspecified atom stereocenters. The molecule has 4 nitrogen and oxygen atoms in total. The Balaban J connectivity index is 2.06. The van der Waals surface area contributed by atoms with Crippen molar-refractivity contribution in [3.63, 3.8) is 0 Å². The molecule has 1 aromatic rings. The highest BCUT2D eigenvalue weighted by Crippen LogP contribution is 2.09. The number of aliphatic hydroxyl groups excluding tert-OH is 1. The summed E-state index contributed by atoms with van der Waals surface area (Å²) in [5.74, 6) is 0. The molecule has 0 aliphatic carbocycles. The second kappa shape index (κ2) is 10.8. The van der Waals surface area contributed by atoms with Gasteiger partial charge in [0.1, 0.15) is 0 Å². The highest BCUT2D eigenvalue weighted by atomic mass is 16.5. The molecule has 0 aromatic carbocycles. The van der Waals surface area contributed by atoms with Crippen LogP contribution in [0.15, 0.2) is 24.5 Å². The summed E-state index contributed by atoms with van der Waals surface area (Å²) >= 11 is 0. The number of hydrogen-bond donors (Lipinski definition) is 2. The lowest BCUT2D eigenvalue weighted by Crippen LogP contribution is -2.32. The van der Waals surface area contributed by atoms with Crippen LogP contribution in [0.2, 0.25) is 0 Å². The van der Waals surface area contributed by atoms with E-state index in [4.69, 9.17) is 4.74 Å². The van der Waals surface area contributed by atoms with Crippen LogP contribution >= 0.6 is 0 Å². The monoisotopic (exact) mass is 280 g/mol. The number of aromatic nitrogens is 1. The van der Waals surface area contributed by atoms with E-state index in [0.717, 1.165) is 13.0 Å². The minimum absolute atomic E-state index is 0.206. The van der Waals surface area contributed by atoms with Crippen LogP contribution in [0.1, 0.15) is 51.1 Å². The second-order valence-corrected chi connectivity index (χ2v) is 5.20. The van der Waals surface area contributed by atoms with E-state index in [0.29, 0.717) is 13.2 Å². The van der Waals surface area contributed by atoms with Crippen molar-refractivity contribution < 1.29 is 9.84 Å². The van der Waals surface area contributed by atoms with Gasteiger partial charge in [-0.25, -0.2) is 0 Å². The fourth-order valence-electron chi connectivity index (χ4n) is 1.99. The first-order valence-electron chi connectivity index (χ1n) is 7.63. The molecule has 0 fully saturated rings. The molecule has 0 bridgehead atoms. The summed E-state index contributed by atoms with van der Waals surface area (Å²) in [5.41, 5.74) is 1.17. The largest absolute Gasteiger partial charge is 0.389 e. The quantitative estimate of drug-likeness (QED) is 0.612. The zero-order chi connectivity index (χ0) is 14.6. The van der Waals surface area contributed by atoms with Crippen molar-refractivity contribution in [2.75, 3.05) is 19.8 Å². The van der Waals surface area contributed by atoms with Gasteiger partial charge in [0, 0.05) is 31.6 Å². The third-order valence-corrected chi connectivity index (χ3v) is 3.32. The molecule has 2 atom stereocenters. The molecule has 4 heteroatoms. The first-order valence-corrected chi connectivity index (χ1v) is 7.63. The maximum atomic E-state index is 9.85. The molecule has 0 radical (unpaired) electrons. The van der Waals surface area contributed by atoms with E-state index in [9.17, 15) is 5.11 Å². The van der Waals surface area contributed by atoms with Crippen LogP contribution in [-0.2, 0) is 4.74 Å². The van der Waals surface area contributed by atoms with Gasteiger partial charge in [-0.3, -0.25) is 4.98 Å². The Morgan fingerprint density at radius 1 is 1.25 bits per heavy atom. The molecule has 0 aliphatic rings. The van der Waals surface area contributed by atoms with Gasteiger partial charge >= 0.3 is 0 Å². The maximum absolute atomic E-state index is 9.85. The van der Waals surface area contributed by atoms with Crippen molar-refractivity contribution in [2.24, 2.45) is 0 Å². The van der Waals surface area contributed by atoms with Gasteiger partial charge in [0.15, 0.2) is 0 Å². The van der Waals surface area contributed by atoms with E-state index in [-0.39, 0.29) is 6.04 Å². The zero-order valence-corrected chi connectivity index (χ0v) is 12.7. The number of hydrogen-bond acceptors (Lipinski definition) is 4. The van der Waals surface area contributed by atoms with Crippen LogP contribution in [0.3, 0.4) is 0 Å². The van der Waals surface area contributed by atoms with Crippen molar-refractivity contribution in [3.8, 4) is 0 Å². The number of ether oxygens (including phenoxy) is 1. The van der Waals surface area contributed by atoms with Crippen LogP contribution in [0, 0.1) is 0 Å². The Labute approximate surface area is 122 Å². The molecule has 1 heterocycles. The summed E-state index contributed by atoms with van der Waals surface area (Å²) in [4.78, 5) is 4.00. The number of pyridine rings is 1. The van der Waals surface area contributed by atoms with E-state index in [1.54, 1.807) is 12.4 Å². The fourth-order valence-corrected chi connectivity index (χ4v) is 1.99. The van der Waals surface area contributed by atoms with E-state index >= 15 is 0 Å². The topological polar surface area (TPSA) is 54.4 Å². The smallest absolute Gasteiger partial charge is 0.0897 e. The van der Waals surface area contributed by atoms with Crippen LogP contribution in [0.4, 0.5) is 0 Å². The lowest BCUT2D eigenvalue weighted by Gasteiger charge is -2.17. The first kappa shape index (κ1) is 17.1. The molecule has 114 valence electrons. The highest BCUT2D eigenvalue weighted by Gasteiger charge is 2.08. The lowest BCUT2D eigenvalue weighted by atomic mass is 10.1. The summed E-state index contributed by atoms with van der Waals surface area (Å²) in [6, 6.07) is 4.17. The third-order valence-electron chi connectivity index (χ3n) is 3.32. The molecule has 0 saturated heterocycles. The standard InChI is InChI=1S/C16H28N2O2/c1-3-4-5-6-11-20-13-16(19)12-18-14(2)15-7-9-17-10-8-15/h7-10,14,16,18-19H,3-6,11-13H2,1-2H3/t14-,16?/m1/s1. The molecule has 20 heavy (non-hydrogen) atoms. The second-order valence-electron chi connectivity index (χ2n) is 5.20. The molecular formula is C16H28N2O2. The van der Waals surface area contributed by atoms with Gasteiger partial charge < -0.3 is 15.2 Å². The average Bonchev–Trinajstić information content (AvgIpc) is 2.49. The van der Waals surface area contributed by atoms with Crippen molar-refractivity contribution in [2.45, 2.75) is 51.7 Å². The maximum Gasteiger partial charge on any atom is 0.0897 e. The molecule has 1 aromatic heterocycles. The predicted octanol–water partition coefficient (Wildman–Crippen LogP) is 2.69. The summed E-state index contributed by atoms with van der Waals surface area (Å²) in [6.07, 6.45) is 7.90. The van der Waals surface area contributed by atoms with E-state index in [2.05, 4.69) is 24.1 Å². The van der Waals surface area contributed by atoms with Crippen LogP contribution in [0.5, 0.6) is 0 Å². The van der Waals surface area contributed by atoms with Gasteiger partial charge in [0.05, 0.1) is 12.7 Å². The number of nitrogens with zero attached hydrogens (tertiary/aromatic N) is 1. The van der Waals surface area contributed by atoms with Crippen molar-refractivity contribution in [3.05, 3.63) is 30.1 Å². The molecule has 0 spiro atoms. The van der Waals surface area contributed by atoms with E-state index in [1.165, 1.54) is 24.8 Å². The van der Waals surface area contributed by atoms with Gasteiger partial charge in [0.2, 0.25) is 0 Å². The Bertz CT molecular complexity index is 333.